The van der Waals surface area contributed by atoms with Crippen molar-refractivity contribution in [1.82, 2.24) is 20.1 Å². The maximum absolute atomic E-state index is 14.4. The fourth-order valence-electron chi connectivity index (χ4n) is 6.91. The van der Waals surface area contributed by atoms with Gasteiger partial charge in [-0.3, -0.25) is 19.5 Å². The highest BCUT2D eigenvalue weighted by Crippen LogP contribution is 2.44. The highest BCUT2D eigenvalue weighted by molar-refractivity contribution is 7.16. The number of halogens is 2. The number of benzene rings is 1. The zero-order valence-electron chi connectivity index (χ0n) is 27.1. The molecule has 0 spiro atoms. The molecule has 1 saturated carbocycles. The normalized spacial score (nSPS) is 22.0. The molecule has 0 unspecified atom stereocenters. The van der Waals surface area contributed by atoms with Gasteiger partial charge in [-0.2, -0.15) is 0 Å². The first-order chi connectivity index (χ1) is 21.0. The number of Topliss-reactive ketones (excluding diaryl/α,β-unsaturated/α-hetero) is 2. The lowest BCUT2D eigenvalue weighted by Crippen LogP contribution is -2.62. The number of carbonyl (C=O) groups is 2. The van der Waals surface area contributed by atoms with E-state index in [0.29, 0.717) is 31.5 Å². The van der Waals surface area contributed by atoms with Crippen molar-refractivity contribution in [3.05, 3.63) is 63.9 Å². The molecular formula is C35H44F2N4O3S. The van der Waals surface area contributed by atoms with Crippen molar-refractivity contribution in [2.45, 2.75) is 109 Å². The summed E-state index contributed by atoms with van der Waals surface area (Å²) in [6.07, 6.45) is 3.88. The summed E-state index contributed by atoms with van der Waals surface area (Å²) >= 11 is 0.980. The van der Waals surface area contributed by atoms with E-state index in [0.717, 1.165) is 60.5 Å². The molecule has 0 radical (unpaired) electrons. The number of hydrogen-bond acceptors (Lipinski definition) is 8. The Bertz CT molecular complexity index is 1570. The minimum atomic E-state index is -0.764. The molecule has 2 aromatic heterocycles. The van der Waals surface area contributed by atoms with Gasteiger partial charge >= 0.3 is 0 Å². The molecule has 1 saturated heterocycles. The Morgan fingerprint density at radius 3 is 2.42 bits per heavy atom. The summed E-state index contributed by atoms with van der Waals surface area (Å²) in [5.74, 6) is -1.27. The Morgan fingerprint density at radius 2 is 1.78 bits per heavy atom. The van der Waals surface area contributed by atoms with Gasteiger partial charge in [0.1, 0.15) is 17.4 Å². The summed E-state index contributed by atoms with van der Waals surface area (Å²) in [4.78, 5) is 34.5. The first-order valence-corrected chi connectivity index (χ1v) is 16.7. The average Bonchev–Trinajstić information content (AvgIpc) is 3.41. The fourth-order valence-corrected chi connectivity index (χ4v) is 7.72. The molecule has 3 aromatic rings. The lowest BCUT2D eigenvalue weighted by molar-refractivity contribution is -0.128. The third-order valence-corrected chi connectivity index (χ3v) is 10.5. The van der Waals surface area contributed by atoms with Crippen molar-refractivity contribution in [2.75, 3.05) is 13.1 Å². The number of likely N-dealkylation sites (tertiary alicyclic amines) is 1. The molecule has 0 atom stereocenters. The third-order valence-electron chi connectivity index (χ3n) is 9.53. The lowest BCUT2D eigenvalue weighted by atomic mass is 9.68. The number of pyridine rings is 1. The molecule has 2 fully saturated rings. The average molecular weight is 639 g/mol. The second-order valence-corrected chi connectivity index (χ2v) is 15.6. The standard InChI is InChI=1S/C35H44F2N4O3S/c1-21(2)23-13-22(3)38-30(14-23)33(4,5)16-26(42)17-35(19-41(20-35)25-9-11-34(6,44)12-10-25)18-29(43)32-40-39-31(45-32)27-8-7-24(36)15-28(27)37/h7-8,13-15,21,25,44H,9-12,16-20H2,1-6H3. The molecule has 1 aromatic carbocycles. The molecule has 1 aliphatic heterocycles. The summed E-state index contributed by atoms with van der Waals surface area (Å²) in [7, 11) is 0. The molecule has 45 heavy (non-hydrogen) atoms. The largest absolute Gasteiger partial charge is 0.390 e. The van der Waals surface area contributed by atoms with Gasteiger partial charge < -0.3 is 5.11 Å². The molecule has 242 valence electrons. The minimum absolute atomic E-state index is 0.0831. The second-order valence-electron chi connectivity index (χ2n) is 14.6. The number of aliphatic hydroxyl groups is 1. The molecule has 1 aliphatic carbocycles. The van der Waals surface area contributed by atoms with Crippen LogP contribution in [0.4, 0.5) is 8.78 Å². The maximum atomic E-state index is 14.4. The molecule has 3 heterocycles. The van der Waals surface area contributed by atoms with E-state index in [2.05, 4.69) is 41.1 Å². The van der Waals surface area contributed by atoms with Crippen molar-refractivity contribution in [1.29, 1.82) is 0 Å². The van der Waals surface area contributed by atoms with Crippen LogP contribution in [0.1, 0.15) is 112 Å². The van der Waals surface area contributed by atoms with Crippen LogP contribution in [0.2, 0.25) is 0 Å². The van der Waals surface area contributed by atoms with E-state index in [9.17, 15) is 23.5 Å². The fraction of sp³-hybridized carbons (Fsp3) is 0.571. The highest BCUT2D eigenvalue weighted by atomic mass is 32.1. The Labute approximate surface area is 268 Å². The van der Waals surface area contributed by atoms with Crippen LogP contribution in [0, 0.1) is 24.0 Å². The Hall–Kier alpha value is -2.95. The maximum Gasteiger partial charge on any atom is 0.194 e. The van der Waals surface area contributed by atoms with Gasteiger partial charge in [-0.15, -0.1) is 10.2 Å². The van der Waals surface area contributed by atoms with Gasteiger partial charge in [-0.25, -0.2) is 8.78 Å². The van der Waals surface area contributed by atoms with Gasteiger partial charge in [0.15, 0.2) is 15.8 Å². The Kier molecular flexibility index (Phi) is 9.42. The van der Waals surface area contributed by atoms with Crippen LogP contribution in [0.15, 0.2) is 30.3 Å². The van der Waals surface area contributed by atoms with Crippen LogP contribution < -0.4 is 0 Å². The molecule has 0 amide bonds. The van der Waals surface area contributed by atoms with Gasteiger partial charge in [-0.1, -0.05) is 39.0 Å². The highest BCUT2D eigenvalue weighted by Gasteiger charge is 2.49. The van der Waals surface area contributed by atoms with E-state index in [1.165, 1.54) is 11.6 Å². The van der Waals surface area contributed by atoms with Crippen molar-refractivity contribution >= 4 is 22.9 Å². The van der Waals surface area contributed by atoms with E-state index >= 15 is 0 Å². The minimum Gasteiger partial charge on any atom is -0.390 e. The summed E-state index contributed by atoms with van der Waals surface area (Å²) in [6, 6.07) is 7.71. The van der Waals surface area contributed by atoms with Crippen LogP contribution >= 0.6 is 11.3 Å². The summed E-state index contributed by atoms with van der Waals surface area (Å²) in [5, 5.41) is 18.9. The van der Waals surface area contributed by atoms with Crippen molar-refractivity contribution in [3.8, 4) is 10.6 Å². The van der Waals surface area contributed by atoms with Crippen LogP contribution in [-0.4, -0.2) is 61.5 Å². The van der Waals surface area contributed by atoms with Gasteiger partial charge in [0.05, 0.1) is 5.60 Å². The third kappa shape index (κ3) is 7.72. The van der Waals surface area contributed by atoms with Crippen molar-refractivity contribution < 1.29 is 23.5 Å². The van der Waals surface area contributed by atoms with E-state index in [1.54, 1.807) is 0 Å². The molecule has 7 nitrogen and oxygen atoms in total. The monoisotopic (exact) mass is 638 g/mol. The number of aromatic nitrogens is 3. The van der Waals surface area contributed by atoms with Gasteiger partial charge in [-0.05, 0) is 75.3 Å². The van der Waals surface area contributed by atoms with Crippen LogP contribution in [0.5, 0.6) is 0 Å². The van der Waals surface area contributed by atoms with Crippen LogP contribution in [0.3, 0.4) is 0 Å². The van der Waals surface area contributed by atoms with E-state index in [1.807, 2.05) is 27.7 Å². The second kappa shape index (κ2) is 12.7. The van der Waals surface area contributed by atoms with E-state index in [4.69, 9.17) is 4.98 Å². The topological polar surface area (TPSA) is 96.3 Å². The number of hydrogen-bond donors (Lipinski definition) is 1. The molecular weight excluding hydrogens is 594 g/mol. The Morgan fingerprint density at radius 1 is 1.09 bits per heavy atom. The predicted octanol–water partition coefficient (Wildman–Crippen LogP) is 7.21. The first-order valence-electron chi connectivity index (χ1n) is 15.8. The van der Waals surface area contributed by atoms with E-state index in [-0.39, 0.29) is 40.0 Å². The number of nitrogens with zero attached hydrogens (tertiary/aromatic N) is 4. The predicted molar refractivity (Wildman–Crippen MR) is 171 cm³/mol. The van der Waals surface area contributed by atoms with Gasteiger partial charge in [0.2, 0.25) is 0 Å². The summed E-state index contributed by atoms with van der Waals surface area (Å²) in [6.45, 7) is 13.5. The summed E-state index contributed by atoms with van der Waals surface area (Å²) in [5.41, 5.74) is 1.42. The lowest BCUT2D eigenvalue weighted by Gasteiger charge is -2.54. The van der Waals surface area contributed by atoms with E-state index < -0.39 is 28.1 Å². The van der Waals surface area contributed by atoms with Gasteiger partial charge in [0.25, 0.3) is 0 Å². The molecule has 0 bridgehead atoms. The molecule has 10 heteroatoms. The van der Waals surface area contributed by atoms with Crippen LogP contribution in [0.25, 0.3) is 10.6 Å². The molecule has 1 N–H and O–H groups in total. The number of ketones is 2. The number of aryl methyl sites for hydroxylation is 1. The molecule has 2 aliphatic rings. The van der Waals surface area contributed by atoms with Crippen LogP contribution in [-0.2, 0) is 10.2 Å². The Balaban J connectivity index is 1.33. The number of rotatable bonds is 11. The zero-order valence-corrected chi connectivity index (χ0v) is 27.9. The first kappa shape index (κ1) is 33.4. The van der Waals surface area contributed by atoms with Crippen molar-refractivity contribution in [2.24, 2.45) is 5.41 Å². The molecule has 5 rings (SSSR count). The summed E-state index contributed by atoms with van der Waals surface area (Å²) < 4.78 is 27.8. The smallest absolute Gasteiger partial charge is 0.194 e. The number of carbonyl (C=O) groups excluding carboxylic acids is 2. The quantitative estimate of drug-likeness (QED) is 0.222. The van der Waals surface area contributed by atoms with Crippen molar-refractivity contribution in [3.63, 3.8) is 0 Å². The zero-order chi connectivity index (χ0) is 32.7. The van der Waals surface area contributed by atoms with Gasteiger partial charge in [0, 0.05) is 72.2 Å². The SMILES string of the molecule is Cc1cc(C(C)C)cc(C(C)(C)CC(=O)CC2(CC(=O)c3nnc(-c4ccc(F)cc4F)s3)CN(C3CCC(C)(O)CC3)C2)n1.